The lowest BCUT2D eigenvalue weighted by molar-refractivity contribution is -0.139. The molecule has 3 rings (SSSR count). The van der Waals surface area contributed by atoms with Crippen LogP contribution in [0.15, 0.2) is 53.5 Å². The van der Waals surface area contributed by atoms with Gasteiger partial charge in [-0.05, 0) is 24.3 Å². The fourth-order valence-corrected chi connectivity index (χ4v) is 3.66. The summed E-state index contributed by atoms with van der Waals surface area (Å²) in [6.07, 6.45) is 0.873. The maximum atomic E-state index is 12.7. The highest BCUT2D eigenvalue weighted by Crippen LogP contribution is 2.25. The number of halogens is 3. The van der Waals surface area contributed by atoms with Gasteiger partial charge >= 0.3 is 11.7 Å². The topological polar surface area (TPSA) is 141 Å². The standard InChI is InChI=1S/C21H15Cl3N4O5/c22-12-5-2-1-4-11(12)18(29)26-15(20(31)32)8-10-9-25-21(33)28-17(10)27-19(30)16-13(23)6-3-7-14(16)24/h1-7,9,15H,8H2,(H,26,29)(H,31,32)(H2,25,27,28,30,33)/t15-/m0/s1. The molecule has 2 aromatic carbocycles. The van der Waals surface area contributed by atoms with Crippen LogP contribution < -0.4 is 16.3 Å². The molecule has 0 fully saturated rings. The SMILES string of the molecule is O=C(N[C@@H](Cc1c[nH]c(=O)nc1NC(=O)c1c(Cl)cccc1Cl)C(=O)O)c1ccccc1Cl. The van der Waals surface area contributed by atoms with Crippen molar-refractivity contribution in [3.05, 3.63) is 90.9 Å². The third kappa shape index (κ3) is 5.89. The highest BCUT2D eigenvalue weighted by Gasteiger charge is 2.25. The molecule has 3 aromatic rings. The highest BCUT2D eigenvalue weighted by molar-refractivity contribution is 6.40. The molecule has 0 bridgehead atoms. The summed E-state index contributed by atoms with van der Waals surface area (Å²) in [6, 6.07) is 9.18. The summed E-state index contributed by atoms with van der Waals surface area (Å²) in [6.45, 7) is 0. The summed E-state index contributed by atoms with van der Waals surface area (Å²) in [7, 11) is 0. The third-order valence-electron chi connectivity index (χ3n) is 4.46. The molecule has 0 saturated heterocycles. The molecular formula is C21H15Cl3N4O5. The predicted molar refractivity (Wildman–Crippen MR) is 123 cm³/mol. The zero-order chi connectivity index (χ0) is 24.1. The van der Waals surface area contributed by atoms with Crippen LogP contribution in [0.3, 0.4) is 0 Å². The Hall–Kier alpha value is -3.40. The van der Waals surface area contributed by atoms with Gasteiger partial charge in [0.25, 0.3) is 11.8 Å². The maximum Gasteiger partial charge on any atom is 0.346 e. The smallest absolute Gasteiger partial charge is 0.346 e. The number of hydrogen-bond donors (Lipinski definition) is 4. The van der Waals surface area contributed by atoms with Crippen molar-refractivity contribution in [1.82, 2.24) is 15.3 Å². The Labute approximate surface area is 201 Å². The molecular weight excluding hydrogens is 495 g/mol. The number of anilines is 1. The normalized spacial score (nSPS) is 11.5. The van der Waals surface area contributed by atoms with E-state index in [-0.39, 0.29) is 44.0 Å². The van der Waals surface area contributed by atoms with Crippen LogP contribution in [0, 0.1) is 0 Å². The lowest BCUT2D eigenvalue weighted by atomic mass is 10.1. The molecule has 1 atom stereocenters. The summed E-state index contributed by atoms with van der Waals surface area (Å²) in [4.78, 5) is 54.8. The van der Waals surface area contributed by atoms with Gasteiger partial charge in [-0.2, -0.15) is 4.98 Å². The van der Waals surface area contributed by atoms with Crippen LogP contribution in [0.1, 0.15) is 26.3 Å². The van der Waals surface area contributed by atoms with Gasteiger partial charge in [-0.25, -0.2) is 9.59 Å². The lowest BCUT2D eigenvalue weighted by Gasteiger charge is -2.17. The number of nitrogens with one attached hydrogen (secondary N) is 3. The monoisotopic (exact) mass is 508 g/mol. The average molecular weight is 510 g/mol. The van der Waals surface area contributed by atoms with Crippen molar-refractivity contribution in [2.45, 2.75) is 12.5 Å². The number of carbonyl (C=O) groups excluding carboxylic acids is 2. The van der Waals surface area contributed by atoms with Crippen molar-refractivity contribution >= 4 is 58.4 Å². The number of benzene rings is 2. The molecule has 0 unspecified atom stereocenters. The van der Waals surface area contributed by atoms with Crippen molar-refractivity contribution in [2.75, 3.05) is 5.32 Å². The van der Waals surface area contributed by atoms with Crippen LogP contribution in [0.2, 0.25) is 15.1 Å². The number of carboxylic acids is 1. The van der Waals surface area contributed by atoms with E-state index in [0.29, 0.717) is 0 Å². The highest BCUT2D eigenvalue weighted by atomic mass is 35.5. The van der Waals surface area contributed by atoms with Crippen molar-refractivity contribution in [3.63, 3.8) is 0 Å². The van der Waals surface area contributed by atoms with E-state index in [2.05, 4.69) is 20.6 Å². The summed E-state index contributed by atoms with van der Waals surface area (Å²) in [5.74, 6) is -3.03. The summed E-state index contributed by atoms with van der Waals surface area (Å²) < 4.78 is 0. The average Bonchev–Trinajstić information content (AvgIpc) is 2.75. The van der Waals surface area contributed by atoms with Gasteiger partial charge in [0.2, 0.25) is 0 Å². The quantitative estimate of drug-likeness (QED) is 0.385. The van der Waals surface area contributed by atoms with Crippen LogP contribution in [0.25, 0.3) is 0 Å². The first-order valence-corrected chi connectivity index (χ1v) is 10.4. The molecule has 0 aliphatic carbocycles. The molecule has 0 saturated carbocycles. The molecule has 0 radical (unpaired) electrons. The first-order valence-electron chi connectivity index (χ1n) is 9.29. The van der Waals surface area contributed by atoms with Crippen LogP contribution in [-0.4, -0.2) is 38.9 Å². The van der Waals surface area contributed by atoms with E-state index >= 15 is 0 Å². The van der Waals surface area contributed by atoms with Crippen molar-refractivity contribution in [2.24, 2.45) is 0 Å². The number of hydrogen-bond acceptors (Lipinski definition) is 5. The third-order valence-corrected chi connectivity index (χ3v) is 5.41. The maximum absolute atomic E-state index is 12.7. The molecule has 1 heterocycles. The second-order valence-electron chi connectivity index (χ2n) is 6.68. The number of aliphatic carboxylic acids is 1. The zero-order valence-corrected chi connectivity index (χ0v) is 18.8. The van der Waals surface area contributed by atoms with Crippen molar-refractivity contribution in [3.8, 4) is 0 Å². The van der Waals surface area contributed by atoms with Crippen molar-refractivity contribution < 1.29 is 19.5 Å². The second kappa shape index (κ2) is 10.5. The number of aromatic nitrogens is 2. The number of amides is 2. The summed E-state index contributed by atoms with van der Waals surface area (Å²) >= 11 is 18.1. The van der Waals surface area contributed by atoms with Gasteiger partial charge in [0.1, 0.15) is 11.9 Å². The first-order chi connectivity index (χ1) is 15.7. The number of aromatic amines is 1. The van der Waals surface area contributed by atoms with Crippen LogP contribution in [-0.2, 0) is 11.2 Å². The molecule has 9 nitrogen and oxygen atoms in total. The Morgan fingerprint density at radius 1 is 0.970 bits per heavy atom. The van der Waals surface area contributed by atoms with Gasteiger partial charge < -0.3 is 20.7 Å². The number of carboxylic acid groups (broad SMARTS) is 1. The largest absolute Gasteiger partial charge is 0.480 e. The van der Waals surface area contributed by atoms with Crippen LogP contribution >= 0.6 is 34.8 Å². The molecule has 0 spiro atoms. The van der Waals surface area contributed by atoms with E-state index in [0.717, 1.165) is 0 Å². The second-order valence-corrected chi connectivity index (χ2v) is 7.90. The van der Waals surface area contributed by atoms with E-state index in [1.54, 1.807) is 18.2 Å². The minimum absolute atomic E-state index is 0.0457. The molecule has 12 heteroatoms. The van der Waals surface area contributed by atoms with E-state index in [1.807, 2.05) is 0 Å². The minimum Gasteiger partial charge on any atom is -0.480 e. The minimum atomic E-state index is -1.43. The number of nitrogens with zero attached hydrogens (tertiary/aromatic N) is 1. The van der Waals surface area contributed by atoms with Gasteiger partial charge in [-0.1, -0.05) is 53.0 Å². The Balaban J connectivity index is 1.87. The fraction of sp³-hybridized carbons (Fsp3) is 0.0952. The molecule has 0 aliphatic rings. The van der Waals surface area contributed by atoms with E-state index in [9.17, 15) is 24.3 Å². The number of rotatable bonds is 7. The Kier molecular flexibility index (Phi) is 7.70. The van der Waals surface area contributed by atoms with Gasteiger partial charge in [0, 0.05) is 18.2 Å². The lowest BCUT2D eigenvalue weighted by Crippen LogP contribution is -2.42. The van der Waals surface area contributed by atoms with Gasteiger partial charge in [0.05, 0.1) is 26.2 Å². The molecule has 170 valence electrons. The Bertz CT molecular complexity index is 1270. The van der Waals surface area contributed by atoms with Crippen LogP contribution in [0.5, 0.6) is 0 Å². The van der Waals surface area contributed by atoms with Gasteiger partial charge in [-0.3, -0.25) is 9.59 Å². The molecule has 2 amide bonds. The summed E-state index contributed by atoms with van der Waals surface area (Å²) in [5.41, 5.74) is -0.605. The summed E-state index contributed by atoms with van der Waals surface area (Å²) in [5, 5.41) is 14.7. The van der Waals surface area contributed by atoms with Gasteiger partial charge in [-0.15, -0.1) is 0 Å². The number of H-pyrrole nitrogens is 1. The van der Waals surface area contributed by atoms with E-state index in [4.69, 9.17) is 34.8 Å². The van der Waals surface area contributed by atoms with Crippen molar-refractivity contribution in [1.29, 1.82) is 0 Å². The van der Waals surface area contributed by atoms with Gasteiger partial charge in [0.15, 0.2) is 0 Å². The molecule has 0 aliphatic heterocycles. The Morgan fingerprint density at radius 2 is 1.61 bits per heavy atom. The molecule has 4 N–H and O–H groups in total. The first kappa shape index (κ1) is 24.2. The van der Waals surface area contributed by atoms with E-state index in [1.165, 1.54) is 30.5 Å². The predicted octanol–water partition coefficient (Wildman–Crippen LogP) is 3.41. The zero-order valence-electron chi connectivity index (χ0n) is 16.6. The number of carbonyl (C=O) groups is 3. The molecule has 1 aromatic heterocycles. The Morgan fingerprint density at radius 3 is 2.24 bits per heavy atom. The molecule has 33 heavy (non-hydrogen) atoms. The van der Waals surface area contributed by atoms with E-state index < -0.39 is 29.5 Å². The van der Waals surface area contributed by atoms with Crippen LogP contribution in [0.4, 0.5) is 5.82 Å². The fourth-order valence-electron chi connectivity index (χ4n) is 2.87.